The lowest BCUT2D eigenvalue weighted by molar-refractivity contribution is -0.942. The molecule has 0 saturated carbocycles. The normalized spacial score (nSPS) is 36.8. The molecule has 1 saturated heterocycles. The average molecular weight is 270 g/mol. The maximum atomic E-state index is 13.3. The molecule has 2 aliphatic carbocycles. The van der Waals surface area contributed by atoms with Crippen molar-refractivity contribution in [3.8, 4) is 0 Å². The molecule has 0 bridgehead atoms. The molecule has 3 heteroatoms. The van der Waals surface area contributed by atoms with Crippen molar-refractivity contribution in [2.75, 3.05) is 13.1 Å². The molecule has 0 aromatic carbocycles. The maximum Gasteiger partial charge on any atom is 0.134 e. The van der Waals surface area contributed by atoms with E-state index in [9.17, 15) is 5.21 Å². The molecule has 2 aliphatic heterocycles. The number of quaternary nitrogens is 1. The van der Waals surface area contributed by atoms with Gasteiger partial charge in [0.15, 0.2) is 0 Å². The molecule has 0 aromatic heterocycles. The van der Waals surface area contributed by atoms with Gasteiger partial charge >= 0.3 is 0 Å². The maximum absolute atomic E-state index is 13.3. The highest BCUT2D eigenvalue weighted by atomic mass is 16.6. The average Bonchev–Trinajstić information content (AvgIpc) is 2.93. The van der Waals surface area contributed by atoms with Gasteiger partial charge in [-0.1, -0.05) is 29.9 Å². The number of nitrogens with zero attached hydrogens (tertiary/aromatic N) is 2. The van der Waals surface area contributed by atoms with Crippen LogP contribution in [0.3, 0.4) is 0 Å². The molecule has 3 nitrogen and oxygen atoms in total. The molecule has 0 amide bonds. The second kappa shape index (κ2) is 4.42. The molecule has 4 rings (SSSR count). The Labute approximate surface area is 120 Å². The molecule has 0 radical (unpaired) electrons. The summed E-state index contributed by atoms with van der Waals surface area (Å²) in [6, 6.07) is 0.205. The third-order valence-corrected chi connectivity index (χ3v) is 5.11. The predicted octanol–water partition coefficient (Wildman–Crippen LogP) is 3.57. The number of rotatable bonds is 1. The molecule has 1 fully saturated rings. The van der Waals surface area contributed by atoms with Gasteiger partial charge in [-0.3, -0.25) is 0 Å². The van der Waals surface area contributed by atoms with Gasteiger partial charge in [0.1, 0.15) is 18.3 Å². The molecule has 0 aromatic rings. The van der Waals surface area contributed by atoms with Crippen molar-refractivity contribution in [1.29, 1.82) is 0 Å². The largest absolute Gasteiger partial charge is 0.606 e. The zero-order chi connectivity index (χ0) is 13.7. The van der Waals surface area contributed by atoms with Crippen LogP contribution >= 0.6 is 0 Å². The molecular formula is C17H22N2O. The highest BCUT2D eigenvalue weighted by Gasteiger charge is 2.51. The Morgan fingerprint density at radius 2 is 2.20 bits per heavy atom. The van der Waals surface area contributed by atoms with Crippen molar-refractivity contribution in [2.24, 2.45) is 0 Å². The monoisotopic (exact) mass is 270 g/mol. The van der Waals surface area contributed by atoms with Crippen LogP contribution in [0.1, 0.15) is 39.0 Å². The Kier molecular flexibility index (Phi) is 2.78. The molecular weight excluding hydrogens is 248 g/mol. The van der Waals surface area contributed by atoms with Crippen molar-refractivity contribution < 1.29 is 4.76 Å². The topological polar surface area (TPSA) is 26.3 Å². The van der Waals surface area contributed by atoms with Crippen LogP contribution in [0, 0.1) is 5.21 Å². The van der Waals surface area contributed by atoms with Crippen LogP contribution in [0.2, 0.25) is 0 Å². The van der Waals surface area contributed by atoms with Crippen molar-refractivity contribution >= 4 is 0 Å². The van der Waals surface area contributed by atoms with Gasteiger partial charge < -0.3 is 5.21 Å². The molecule has 0 N–H and O–H groups in total. The van der Waals surface area contributed by atoms with Crippen LogP contribution in [-0.4, -0.2) is 28.9 Å². The third-order valence-electron chi connectivity index (χ3n) is 5.11. The van der Waals surface area contributed by atoms with Gasteiger partial charge in [0.25, 0.3) is 0 Å². The van der Waals surface area contributed by atoms with Gasteiger partial charge in [-0.05, 0) is 31.8 Å². The van der Waals surface area contributed by atoms with Gasteiger partial charge in [0.2, 0.25) is 0 Å². The van der Waals surface area contributed by atoms with Gasteiger partial charge in [0, 0.05) is 18.4 Å². The first kappa shape index (κ1) is 12.6. The summed E-state index contributed by atoms with van der Waals surface area (Å²) in [7, 11) is 0. The first-order valence-electron chi connectivity index (χ1n) is 7.84. The van der Waals surface area contributed by atoms with E-state index in [1.165, 1.54) is 16.7 Å². The Morgan fingerprint density at radius 1 is 1.30 bits per heavy atom. The lowest BCUT2D eigenvalue weighted by atomic mass is 9.88. The van der Waals surface area contributed by atoms with Crippen molar-refractivity contribution in [3.05, 3.63) is 51.9 Å². The predicted molar refractivity (Wildman–Crippen MR) is 80.1 cm³/mol. The van der Waals surface area contributed by atoms with E-state index in [2.05, 4.69) is 36.2 Å². The first-order valence-corrected chi connectivity index (χ1v) is 7.84. The quantitative estimate of drug-likeness (QED) is 0.538. The standard InChI is InChI=1S/C17H22N2O/c1-13-8-9-16-15(12-13)17(14-6-3-2-4-7-14)18-10-5-11-19(16,18)20/h3,6-7,12,17H,2,4-5,8-11H2,1H3. The van der Waals surface area contributed by atoms with Crippen LogP contribution in [0.5, 0.6) is 0 Å². The van der Waals surface area contributed by atoms with E-state index in [0.717, 1.165) is 50.9 Å². The van der Waals surface area contributed by atoms with E-state index in [-0.39, 0.29) is 10.8 Å². The number of hydrogen-bond donors (Lipinski definition) is 0. The van der Waals surface area contributed by atoms with Gasteiger partial charge in [-0.15, -0.1) is 5.01 Å². The van der Waals surface area contributed by atoms with Gasteiger partial charge in [-0.2, -0.15) is 0 Å². The molecule has 2 heterocycles. The molecule has 106 valence electrons. The first-order chi connectivity index (χ1) is 9.70. The fraction of sp³-hybridized carbons (Fsp3) is 0.529. The Bertz CT molecular complexity index is 570. The number of hydrogen-bond acceptors (Lipinski definition) is 2. The van der Waals surface area contributed by atoms with Crippen LogP contribution in [-0.2, 0) is 0 Å². The van der Waals surface area contributed by atoms with E-state index in [1.807, 2.05) is 0 Å². The molecule has 2 unspecified atom stereocenters. The molecule has 0 spiro atoms. The molecule has 20 heavy (non-hydrogen) atoms. The van der Waals surface area contributed by atoms with Gasteiger partial charge in [0.05, 0.1) is 6.54 Å². The second-order valence-corrected chi connectivity index (χ2v) is 6.42. The fourth-order valence-corrected chi connectivity index (χ4v) is 4.19. The van der Waals surface area contributed by atoms with E-state index in [1.54, 1.807) is 0 Å². The fourth-order valence-electron chi connectivity index (χ4n) is 4.19. The summed E-state index contributed by atoms with van der Waals surface area (Å²) in [5, 5.41) is 15.5. The van der Waals surface area contributed by atoms with Crippen LogP contribution in [0.15, 0.2) is 46.7 Å². The number of allylic oxidation sites excluding steroid dienone is 4. The summed E-state index contributed by atoms with van der Waals surface area (Å²) in [6.07, 6.45) is 14.4. The molecule has 2 atom stereocenters. The summed E-state index contributed by atoms with van der Waals surface area (Å²) in [5.74, 6) is 0. The summed E-state index contributed by atoms with van der Waals surface area (Å²) < 4.78 is -0.158. The zero-order valence-corrected chi connectivity index (χ0v) is 12.1. The summed E-state index contributed by atoms with van der Waals surface area (Å²) in [4.78, 5) is 0. The Balaban J connectivity index is 1.83. The molecule has 4 aliphatic rings. The summed E-state index contributed by atoms with van der Waals surface area (Å²) in [5.41, 5.74) is 5.20. The van der Waals surface area contributed by atoms with Crippen molar-refractivity contribution in [3.63, 3.8) is 0 Å². The lowest BCUT2D eigenvalue weighted by Crippen LogP contribution is -2.49. The van der Waals surface area contributed by atoms with E-state index >= 15 is 0 Å². The highest BCUT2D eigenvalue weighted by Crippen LogP contribution is 2.47. The van der Waals surface area contributed by atoms with Gasteiger partial charge in [-0.25, -0.2) is 4.76 Å². The highest BCUT2D eigenvalue weighted by molar-refractivity contribution is 5.46. The van der Waals surface area contributed by atoms with Crippen LogP contribution in [0.25, 0.3) is 0 Å². The Morgan fingerprint density at radius 3 is 3.00 bits per heavy atom. The van der Waals surface area contributed by atoms with Crippen LogP contribution < -0.4 is 0 Å². The van der Waals surface area contributed by atoms with Crippen molar-refractivity contribution in [2.45, 2.75) is 45.1 Å². The smallest absolute Gasteiger partial charge is 0.134 e. The number of hydroxylamine groups is 2. The SMILES string of the molecule is CC1=CC2=C(CC1)[N+]1([O-])CCCN1C2C1=CCCC=C1. The van der Waals surface area contributed by atoms with Crippen LogP contribution in [0.4, 0.5) is 0 Å². The zero-order valence-electron chi connectivity index (χ0n) is 12.1. The van der Waals surface area contributed by atoms with E-state index in [0.29, 0.717) is 0 Å². The summed E-state index contributed by atoms with van der Waals surface area (Å²) in [6.45, 7) is 3.86. The second-order valence-electron chi connectivity index (χ2n) is 6.42. The third kappa shape index (κ3) is 1.63. The minimum absolute atomic E-state index is 0.158. The lowest BCUT2D eigenvalue weighted by Gasteiger charge is -2.42. The minimum Gasteiger partial charge on any atom is -0.606 e. The summed E-state index contributed by atoms with van der Waals surface area (Å²) >= 11 is 0. The number of fused-ring (bicyclic) bond motifs is 2. The van der Waals surface area contributed by atoms with Crippen molar-refractivity contribution in [1.82, 2.24) is 5.01 Å². The minimum atomic E-state index is -0.158. The Hall–Kier alpha value is -1.16. The van der Waals surface area contributed by atoms with E-state index < -0.39 is 0 Å². The van der Waals surface area contributed by atoms with E-state index in [4.69, 9.17) is 0 Å².